The Balaban J connectivity index is 0. The maximum absolute atomic E-state index is 2.14. The Morgan fingerprint density at radius 2 is 1.78 bits per heavy atom. The molecule has 1 aromatic heterocycles. The third-order valence-electron chi connectivity index (χ3n) is 1.12. The summed E-state index contributed by atoms with van der Waals surface area (Å²) in [6, 6.07) is 2.14. The minimum Gasteiger partial charge on any atom is -0.153 e. The lowest BCUT2D eigenvalue weighted by atomic mass is 10.3. The molecule has 0 saturated heterocycles. The van der Waals surface area contributed by atoms with E-state index in [1.807, 2.05) is 0 Å². The molecule has 54 valence electrons. The second-order valence-corrected chi connectivity index (χ2v) is 2.78. The first kappa shape index (κ1) is 12.3. The average molecular weight is 180 g/mol. The van der Waals surface area contributed by atoms with Gasteiger partial charge in [-0.2, -0.15) is 19.8 Å². The van der Waals surface area contributed by atoms with Crippen LogP contribution < -0.4 is 0 Å². The van der Waals surface area contributed by atoms with Crippen molar-refractivity contribution in [2.45, 2.75) is 13.8 Å². The van der Waals surface area contributed by atoms with Gasteiger partial charge in [-0.25, -0.2) is 0 Å². The molecule has 0 aliphatic heterocycles. The molecule has 0 radical (unpaired) electrons. The van der Waals surface area contributed by atoms with E-state index in [0.29, 0.717) is 0 Å². The second kappa shape index (κ2) is 5.35. The van der Waals surface area contributed by atoms with Gasteiger partial charge in [-0.05, 0) is 30.9 Å². The van der Waals surface area contributed by atoms with Gasteiger partial charge in [0.2, 0.25) is 0 Å². The lowest BCUT2D eigenvalue weighted by molar-refractivity contribution is 1.44. The number of aryl methyl sites for hydroxylation is 2. The molecule has 0 amide bonds. The van der Waals surface area contributed by atoms with Crippen LogP contribution in [0, 0.1) is 13.8 Å². The van der Waals surface area contributed by atoms with Gasteiger partial charge in [-0.1, -0.05) is 0 Å². The van der Waals surface area contributed by atoms with Crippen molar-refractivity contribution in [3.8, 4) is 0 Å². The van der Waals surface area contributed by atoms with Crippen LogP contribution in [0.25, 0.3) is 0 Å². The lowest BCUT2D eigenvalue weighted by Gasteiger charge is -1.79. The predicted octanol–water partition coefficient (Wildman–Crippen LogP) is 2.48. The van der Waals surface area contributed by atoms with Gasteiger partial charge in [0.15, 0.2) is 0 Å². The summed E-state index contributed by atoms with van der Waals surface area (Å²) in [6.45, 7) is 4.27. The Bertz CT molecular complexity index is 143. The van der Waals surface area contributed by atoms with Crippen molar-refractivity contribution in [2.75, 3.05) is 0 Å². The van der Waals surface area contributed by atoms with E-state index in [2.05, 4.69) is 25.3 Å². The molecule has 0 spiro atoms. The van der Waals surface area contributed by atoms with E-state index >= 15 is 0 Å². The molecule has 1 rings (SSSR count). The molecule has 0 aliphatic carbocycles. The predicted molar refractivity (Wildman–Crippen MR) is 56.0 cm³/mol. The summed E-state index contributed by atoms with van der Waals surface area (Å²) in [5, 5.41) is 2.12. The van der Waals surface area contributed by atoms with Crippen LogP contribution in [0.1, 0.15) is 10.4 Å². The van der Waals surface area contributed by atoms with E-state index < -0.39 is 0 Å². The van der Waals surface area contributed by atoms with Crippen LogP contribution in [0.5, 0.6) is 0 Å². The average Bonchev–Trinajstić information content (AvgIpc) is 1.91. The smallest absolute Gasteiger partial charge is 0.00433 e. The highest BCUT2D eigenvalue weighted by Crippen LogP contribution is 2.12. The number of hydrogen-bond donors (Lipinski definition) is 0. The summed E-state index contributed by atoms with van der Waals surface area (Å²) in [4.78, 5) is 1.43. The fourth-order valence-electron chi connectivity index (χ4n) is 0.448. The van der Waals surface area contributed by atoms with Crippen molar-refractivity contribution in [1.82, 2.24) is 0 Å². The van der Waals surface area contributed by atoms with Crippen LogP contribution >= 0.6 is 31.1 Å². The molecular formula is C6H14P2S. The van der Waals surface area contributed by atoms with Gasteiger partial charge >= 0.3 is 0 Å². The zero-order valence-electron chi connectivity index (χ0n) is 5.98. The molecule has 0 aliphatic rings. The van der Waals surface area contributed by atoms with Gasteiger partial charge in [0.25, 0.3) is 0 Å². The highest BCUT2D eigenvalue weighted by Gasteiger charge is 1.87. The third-order valence-corrected chi connectivity index (χ3v) is 2.07. The first-order valence-electron chi connectivity index (χ1n) is 2.31. The first-order chi connectivity index (χ1) is 3.30. The molecule has 0 nitrogen and oxygen atoms in total. The Hall–Kier alpha value is 0.560. The van der Waals surface area contributed by atoms with E-state index in [1.54, 1.807) is 11.3 Å². The van der Waals surface area contributed by atoms with E-state index in [-0.39, 0.29) is 19.8 Å². The Morgan fingerprint density at radius 3 is 1.89 bits per heavy atom. The summed E-state index contributed by atoms with van der Waals surface area (Å²) in [7, 11) is 0. The van der Waals surface area contributed by atoms with Gasteiger partial charge in [-0.3, -0.25) is 0 Å². The highest BCUT2D eigenvalue weighted by atomic mass is 32.1. The Kier molecular flexibility index (Phi) is 7.29. The maximum Gasteiger partial charge on any atom is 0.00433 e. The van der Waals surface area contributed by atoms with Crippen LogP contribution in [0.4, 0.5) is 0 Å². The van der Waals surface area contributed by atoms with Gasteiger partial charge in [0.05, 0.1) is 0 Å². The number of thiophene rings is 1. The molecule has 3 heteroatoms. The summed E-state index contributed by atoms with van der Waals surface area (Å²) < 4.78 is 0. The van der Waals surface area contributed by atoms with Gasteiger partial charge < -0.3 is 0 Å². The second-order valence-electron chi connectivity index (χ2n) is 1.66. The van der Waals surface area contributed by atoms with Crippen LogP contribution in [0.3, 0.4) is 0 Å². The summed E-state index contributed by atoms with van der Waals surface area (Å²) in [5.41, 5.74) is 1.41. The van der Waals surface area contributed by atoms with E-state index in [9.17, 15) is 0 Å². The normalized spacial score (nSPS) is 7.33. The van der Waals surface area contributed by atoms with Crippen molar-refractivity contribution < 1.29 is 0 Å². The minimum atomic E-state index is 0. The zero-order valence-corrected chi connectivity index (χ0v) is 9.62. The molecule has 0 N–H and O–H groups in total. The van der Waals surface area contributed by atoms with Crippen LogP contribution in [-0.4, -0.2) is 0 Å². The SMILES string of the molecule is Cc1ccsc1C.P.P. The maximum atomic E-state index is 2.14. The minimum absolute atomic E-state index is 0. The Labute approximate surface area is 67.3 Å². The quantitative estimate of drug-likeness (QED) is 0.538. The van der Waals surface area contributed by atoms with Crippen molar-refractivity contribution in [2.24, 2.45) is 0 Å². The van der Waals surface area contributed by atoms with E-state index in [1.165, 1.54) is 10.4 Å². The summed E-state index contributed by atoms with van der Waals surface area (Å²) >= 11 is 1.80. The molecule has 2 atom stereocenters. The molecular weight excluding hydrogens is 166 g/mol. The Morgan fingerprint density at radius 1 is 1.22 bits per heavy atom. The van der Waals surface area contributed by atoms with Crippen molar-refractivity contribution in [3.63, 3.8) is 0 Å². The fraction of sp³-hybridized carbons (Fsp3) is 0.333. The fourth-order valence-corrected chi connectivity index (χ4v) is 1.18. The van der Waals surface area contributed by atoms with Crippen molar-refractivity contribution >= 4 is 31.1 Å². The highest BCUT2D eigenvalue weighted by molar-refractivity contribution is 7.10. The monoisotopic (exact) mass is 180 g/mol. The standard InChI is InChI=1S/C6H8S.2H3P/c1-5-3-4-7-6(5)2;;/h3-4H,1-2H3;2*1H3. The van der Waals surface area contributed by atoms with Gasteiger partial charge in [-0.15, -0.1) is 11.3 Å². The molecule has 0 aromatic carbocycles. The van der Waals surface area contributed by atoms with Crippen molar-refractivity contribution in [1.29, 1.82) is 0 Å². The number of hydrogen-bond acceptors (Lipinski definition) is 1. The van der Waals surface area contributed by atoms with Crippen LogP contribution in [0.15, 0.2) is 11.4 Å². The van der Waals surface area contributed by atoms with E-state index in [0.717, 1.165) is 0 Å². The zero-order chi connectivity index (χ0) is 5.28. The molecule has 0 saturated carbocycles. The lowest BCUT2D eigenvalue weighted by Crippen LogP contribution is -1.61. The van der Waals surface area contributed by atoms with Crippen LogP contribution in [0.2, 0.25) is 0 Å². The molecule has 0 fully saturated rings. The summed E-state index contributed by atoms with van der Waals surface area (Å²) in [5.74, 6) is 0. The molecule has 9 heavy (non-hydrogen) atoms. The van der Waals surface area contributed by atoms with Crippen molar-refractivity contribution in [3.05, 3.63) is 21.9 Å². The van der Waals surface area contributed by atoms with E-state index in [4.69, 9.17) is 0 Å². The molecule has 1 heterocycles. The summed E-state index contributed by atoms with van der Waals surface area (Å²) in [6.07, 6.45) is 0. The van der Waals surface area contributed by atoms with Gasteiger partial charge in [0, 0.05) is 4.88 Å². The van der Waals surface area contributed by atoms with Gasteiger partial charge in [0.1, 0.15) is 0 Å². The topological polar surface area (TPSA) is 0 Å². The number of rotatable bonds is 0. The molecule has 1 aromatic rings. The first-order valence-corrected chi connectivity index (χ1v) is 3.19. The third kappa shape index (κ3) is 3.30. The largest absolute Gasteiger partial charge is 0.153 e. The van der Waals surface area contributed by atoms with Crippen LogP contribution in [-0.2, 0) is 0 Å². The molecule has 2 unspecified atom stereocenters. The molecule has 0 bridgehead atoms.